The second kappa shape index (κ2) is 8.62. The number of halogens is 4. The van der Waals surface area contributed by atoms with E-state index in [4.69, 9.17) is 11.6 Å². The fourth-order valence-corrected chi connectivity index (χ4v) is 2.74. The number of rotatable bonds is 6. The Bertz CT molecular complexity index is 985. The quantitative estimate of drug-likeness (QED) is 0.531. The molecule has 0 aliphatic heterocycles. The highest BCUT2D eigenvalue weighted by atomic mass is 35.5. The Balaban J connectivity index is 2.07. The maximum atomic E-state index is 13.4. The van der Waals surface area contributed by atoms with Crippen molar-refractivity contribution < 1.29 is 18.3 Å². The van der Waals surface area contributed by atoms with Crippen LogP contribution in [0.2, 0.25) is 5.02 Å². The van der Waals surface area contributed by atoms with Gasteiger partial charge in [0.25, 0.3) is 0 Å². The summed E-state index contributed by atoms with van der Waals surface area (Å²) >= 11 is 6.02. The molecule has 0 saturated heterocycles. The molecule has 0 bridgehead atoms. The number of anilines is 3. The lowest BCUT2D eigenvalue weighted by Gasteiger charge is -2.17. The first-order chi connectivity index (χ1) is 13.8. The minimum atomic E-state index is -4.60. The summed E-state index contributed by atoms with van der Waals surface area (Å²) in [4.78, 5) is 12.6. The van der Waals surface area contributed by atoms with Crippen molar-refractivity contribution in [1.82, 2.24) is 15.0 Å². The predicted octanol–water partition coefficient (Wildman–Crippen LogP) is 4.75. The van der Waals surface area contributed by atoms with E-state index >= 15 is 0 Å². The molecule has 2 aromatic heterocycles. The van der Waals surface area contributed by atoms with Crippen molar-refractivity contribution in [2.45, 2.75) is 19.1 Å². The highest BCUT2D eigenvalue weighted by Crippen LogP contribution is 2.40. The lowest BCUT2D eigenvalue weighted by molar-refractivity contribution is -0.136. The van der Waals surface area contributed by atoms with Crippen LogP contribution < -0.4 is 10.6 Å². The Morgan fingerprint density at radius 3 is 2.62 bits per heavy atom. The van der Waals surface area contributed by atoms with Crippen LogP contribution in [0.25, 0.3) is 11.3 Å². The molecule has 0 spiro atoms. The smallest absolute Gasteiger partial charge is 0.394 e. The molecule has 0 unspecified atom stereocenters. The van der Waals surface area contributed by atoms with Gasteiger partial charge >= 0.3 is 6.18 Å². The predicted molar refractivity (Wildman–Crippen MR) is 105 cm³/mol. The van der Waals surface area contributed by atoms with Crippen molar-refractivity contribution in [3.05, 3.63) is 59.4 Å². The highest BCUT2D eigenvalue weighted by molar-refractivity contribution is 6.33. The summed E-state index contributed by atoms with van der Waals surface area (Å²) in [6, 6.07) is 8.12. The van der Waals surface area contributed by atoms with Gasteiger partial charge in [-0.3, -0.25) is 4.98 Å². The van der Waals surface area contributed by atoms with Crippen LogP contribution in [-0.2, 0) is 6.18 Å². The zero-order valence-corrected chi connectivity index (χ0v) is 16.0. The molecule has 0 amide bonds. The fraction of sp³-hybridized carbons (Fsp3) is 0.211. The number of aliphatic hydroxyl groups excluding tert-OH is 1. The van der Waals surface area contributed by atoms with Gasteiger partial charge in [0, 0.05) is 30.1 Å². The van der Waals surface area contributed by atoms with Gasteiger partial charge in [-0.2, -0.15) is 18.2 Å². The van der Waals surface area contributed by atoms with Crippen molar-refractivity contribution in [2.75, 3.05) is 17.2 Å². The summed E-state index contributed by atoms with van der Waals surface area (Å²) in [7, 11) is 0. The molecule has 6 nitrogen and oxygen atoms in total. The molecule has 10 heteroatoms. The minimum absolute atomic E-state index is 0.0976. The lowest BCUT2D eigenvalue weighted by Crippen LogP contribution is -2.21. The molecular formula is C19H17ClF3N5O. The second-order valence-corrected chi connectivity index (χ2v) is 6.62. The van der Waals surface area contributed by atoms with Crippen molar-refractivity contribution in [2.24, 2.45) is 0 Å². The van der Waals surface area contributed by atoms with E-state index in [0.29, 0.717) is 11.3 Å². The average Bonchev–Trinajstić information content (AvgIpc) is 2.69. The zero-order valence-electron chi connectivity index (χ0n) is 15.2. The number of nitrogens with zero attached hydrogens (tertiary/aromatic N) is 3. The number of hydrogen-bond donors (Lipinski definition) is 3. The first-order valence-electron chi connectivity index (χ1n) is 8.57. The second-order valence-electron chi connectivity index (χ2n) is 6.22. The summed E-state index contributed by atoms with van der Waals surface area (Å²) in [5.74, 6) is 0.237. The van der Waals surface area contributed by atoms with Gasteiger partial charge in [0.15, 0.2) is 0 Å². The third kappa shape index (κ3) is 5.12. The highest BCUT2D eigenvalue weighted by Gasteiger charge is 2.34. The minimum Gasteiger partial charge on any atom is -0.394 e. The molecule has 0 radical (unpaired) electrons. The number of alkyl halides is 3. The van der Waals surface area contributed by atoms with E-state index in [9.17, 15) is 18.3 Å². The van der Waals surface area contributed by atoms with Crippen LogP contribution in [0.4, 0.5) is 30.6 Å². The Morgan fingerprint density at radius 1 is 1.17 bits per heavy atom. The molecule has 3 N–H and O–H groups in total. The SMILES string of the molecule is C[C@H](CO)Nc1nc(Nc2c(Cl)cccc2C(F)(F)F)cc(-c2cccnc2)n1. The van der Waals surface area contributed by atoms with Gasteiger partial charge in [0.1, 0.15) is 5.82 Å². The topological polar surface area (TPSA) is 83.0 Å². The van der Waals surface area contributed by atoms with E-state index in [-0.39, 0.29) is 35.1 Å². The fourth-order valence-electron chi connectivity index (χ4n) is 2.52. The number of hydrogen-bond acceptors (Lipinski definition) is 6. The normalized spacial score (nSPS) is 12.5. The average molecular weight is 424 g/mol. The van der Waals surface area contributed by atoms with Crippen LogP contribution in [0, 0.1) is 0 Å². The number of benzene rings is 1. The summed E-state index contributed by atoms with van der Waals surface area (Å²) in [5.41, 5.74) is -0.139. The Kier molecular flexibility index (Phi) is 6.19. The van der Waals surface area contributed by atoms with E-state index < -0.39 is 11.7 Å². The van der Waals surface area contributed by atoms with Crippen LogP contribution in [0.3, 0.4) is 0 Å². The van der Waals surface area contributed by atoms with Crippen molar-refractivity contribution in [3.8, 4) is 11.3 Å². The van der Waals surface area contributed by atoms with Crippen LogP contribution >= 0.6 is 11.6 Å². The summed E-state index contributed by atoms with van der Waals surface area (Å²) < 4.78 is 40.2. The molecule has 1 aromatic carbocycles. The molecule has 3 aromatic rings. The van der Waals surface area contributed by atoms with Crippen molar-refractivity contribution >= 4 is 29.1 Å². The van der Waals surface area contributed by atoms with Crippen LogP contribution in [0.1, 0.15) is 12.5 Å². The number of para-hydroxylation sites is 1. The van der Waals surface area contributed by atoms with E-state index in [1.807, 2.05) is 0 Å². The molecule has 0 fully saturated rings. The number of nitrogens with one attached hydrogen (secondary N) is 2. The molecule has 1 atom stereocenters. The lowest BCUT2D eigenvalue weighted by atomic mass is 10.1. The van der Waals surface area contributed by atoms with Crippen molar-refractivity contribution in [3.63, 3.8) is 0 Å². The van der Waals surface area contributed by atoms with Crippen LogP contribution in [0.5, 0.6) is 0 Å². The van der Waals surface area contributed by atoms with Gasteiger partial charge in [0.2, 0.25) is 5.95 Å². The van der Waals surface area contributed by atoms with Gasteiger partial charge in [0.05, 0.1) is 28.6 Å². The number of pyridine rings is 1. The molecule has 29 heavy (non-hydrogen) atoms. The Morgan fingerprint density at radius 2 is 1.97 bits per heavy atom. The zero-order chi connectivity index (χ0) is 21.0. The molecule has 0 aliphatic carbocycles. The molecule has 2 heterocycles. The first kappa shape index (κ1) is 20.8. The molecule has 3 rings (SSSR count). The molecular weight excluding hydrogens is 407 g/mol. The largest absolute Gasteiger partial charge is 0.418 e. The monoisotopic (exact) mass is 423 g/mol. The molecule has 0 saturated carbocycles. The standard InChI is InChI=1S/C19H17ClF3N5O/c1-11(10-29)25-18-26-15(12-4-3-7-24-9-12)8-16(28-18)27-17-13(19(21,22)23)5-2-6-14(17)20/h2-9,11,29H,10H2,1H3,(H2,25,26,27,28)/t11-/m1/s1. The Labute approximate surface area is 169 Å². The third-order valence-corrected chi connectivity index (χ3v) is 4.22. The van der Waals surface area contributed by atoms with Gasteiger partial charge < -0.3 is 15.7 Å². The third-order valence-electron chi connectivity index (χ3n) is 3.90. The van der Waals surface area contributed by atoms with E-state index in [1.54, 1.807) is 31.5 Å². The van der Waals surface area contributed by atoms with Gasteiger partial charge in [-0.25, -0.2) is 4.98 Å². The van der Waals surface area contributed by atoms with Crippen molar-refractivity contribution in [1.29, 1.82) is 0 Å². The summed E-state index contributed by atoms with van der Waals surface area (Å²) in [6.07, 6.45) is -1.43. The molecule has 0 aliphatic rings. The maximum Gasteiger partial charge on any atom is 0.418 e. The summed E-state index contributed by atoms with van der Waals surface area (Å²) in [6.45, 7) is 1.54. The van der Waals surface area contributed by atoms with E-state index in [2.05, 4.69) is 25.6 Å². The molecule has 152 valence electrons. The van der Waals surface area contributed by atoms with Gasteiger partial charge in [-0.1, -0.05) is 17.7 Å². The Hall–Kier alpha value is -2.91. The number of aromatic nitrogens is 3. The van der Waals surface area contributed by atoms with Crippen LogP contribution in [0.15, 0.2) is 48.8 Å². The first-order valence-corrected chi connectivity index (χ1v) is 8.95. The van der Waals surface area contributed by atoms with Gasteiger partial charge in [-0.05, 0) is 31.2 Å². The summed E-state index contributed by atoms with van der Waals surface area (Å²) in [5, 5.41) is 14.7. The van der Waals surface area contributed by atoms with E-state index in [1.165, 1.54) is 18.2 Å². The van der Waals surface area contributed by atoms with Gasteiger partial charge in [-0.15, -0.1) is 0 Å². The van der Waals surface area contributed by atoms with Crippen LogP contribution in [-0.4, -0.2) is 32.7 Å². The maximum absolute atomic E-state index is 13.4. The van der Waals surface area contributed by atoms with E-state index in [0.717, 1.165) is 6.07 Å². The number of aliphatic hydroxyl groups is 1.